The van der Waals surface area contributed by atoms with Crippen LogP contribution in [0.4, 0.5) is 5.13 Å². The zero-order chi connectivity index (χ0) is 19.3. The van der Waals surface area contributed by atoms with Gasteiger partial charge in [-0.25, -0.2) is 4.98 Å². The van der Waals surface area contributed by atoms with Gasteiger partial charge in [-0.1, -0.05) is 24.3 Å². The molecule has 0 radical (unpaired) electrons. The Morgan fingerprint density at radius 2 is 2.00 bits per heavy atom. The van der Waals surface area contributed by atoms with E-state index in [2.05, 4.69) is 26.7 Å². The van der Waals surface area contributed by atoms with Crippen LogP contribution in [0.5, 0.6) is 0 Å². The monoisotopic (exact) mass is 410 g/mol. The van der Waals surface area contributed by atoms with Crippen LogP contribution >= 0.6 is 22.7 Å². The topological polar surface area (TPSA) is 86.9 Å². The lowest BCUT2D eigenvalue weighted by Gasteiger charge is -2.03. The van der Waals surface area contributed by atoms with Gasteiger partial charge < -0.3 is 10.3 Å². The average molecular weight is 411 g/mol. The van der Waals surface area contributed by atoms with Gasteiger partial charge >= 0.3 is 0 Å². The van der Waals surface area contributed by atoms with E-state index >= 15 is 0 Å². The van der Waals surface area contributed by atoms with Crippen molar-refractivity contribution in [2.24, 2.45) is 0 Å². The number of amides is 2. The molecular weight excluding hydrogens is 392 g/mol. The van der Waals surface area contributed by atoms with Crippen LogP contribution in [0.15, 0.2) is 53.4 Å². The van der Waals surface area contributed by atoms with Crippen molar-refractivity contribution in [1.82, 2.24) is 15.3 Å². The van der Waals surface area contributed by atoms with Crippen LogP contribution in [0.1, 0.15) is 20.9 Å². The molecule has 0 aliphatic rings. The first-order chi connectivity index (χ1) is 13.7. The molecule has 3 N–H and O–H groups in total. The maximum Gasteiger partial charge on any atom is 0.267 e. The number of thiophene rings is 1. The second-order valence-corrected chi connectivity index (χ2v) is 8.02. The second-order valence-electron chi connectivity index (χ2n) is 6.21. The van der Waals surface area contributed by atoms with Gasteiger partial charge in [-0.2, -0.15) is 0 Å². The van der Waals surface area contributed by atoms with Crippen molar-refractivity contribution < 1.29 is 9.59 Å². The van der Waals surface area contributed by atoms with E-state index in [0.717, 1.165) is 11.9 Å². The van der Waals surface area contributed by atoms with E-state index in [4.69, 9.17) is 0 Å². The number of benzene rings is 1. The number of nitrogens with zero attached hydrogens (tertiary/aromatic N) is 1. The third-order valence-electron chi connectivity index (χ3n) is 4.25. The summed E-state index contributed by atoms with van der Waals surface area (Å²) in [6.07, 6.45) is 2.94. The Bertz CT molecular complexity index is 1100. The van der Waals surface area contributed by atoms with E-state index in [0.29, 0.717) is 22.2 Å². The Morgan fingerprint density at radius 3 is 2.86 bits per heavy atom. The molecule has 0 aliphatic heterocycles. The zero-order valence-corrected chi connectivity index (χ0v) is 16.5. The third kappa shape index (κ3) is 4.29. The van der Waals surface area contributed by atoms with E-state index in [-0.39, 0.29) is 18.2 Å². The lowest BCUT2D eigenvalue weighted by Crippen LogP contribution is -2.27. The van der Waals surface area contributed by atoms with Crippen LogP contribution in [0.25, 0.3) is 10.9 Å². The highest BCUT2D eigenvalue weighted by Crippen LogP contribution is 2.19. The van der Waals surface area contributed by atoms with E-state index in [1.54, 1.807) is 11.4 Å². The van der Waals surface area contributed by atoms with Gasteiger partial charge in [0, 0.05) is 29.0 Å². The molecule has 4 rings (SSSR count). The van der Waals surface area contributed by atoms with Gasteiger partial charge in [0.1, 0.15) is 0 Å². The minimum absolute atomic E-state index is 0.0822. The molecule has 1 aromatic carbocycles. The minimum Gasteiger partial charge on any atom is -0.361 e. The lowest BCUT2D eigenvalue weighted by atomic mass is 10.1. The SMILES string of the molecule is O=C(Cc1csc(NC(=O)c2cccs2)n1)NCCc1c[nH]c2ccccc12. The summed E-state index contributed by atoms with van der Waals surface area (Å²) in [5.74, 6) is -0.264. The molecule has 0 spiro atoms. The summed E-state index contributed by atoms with van der Waals surface area (Å²) in [4.78, 5) is 32.4. The van der Waals surface area contributed by atoms with Gasteiger partial charge in [0.05, 0.1) is 17.0 Å². The fourth-order valence-corrected chi connectivity index (χ4v) is 4.24. The van der Waals surface area contributed by atoms with Crippen LogP contribution in [0.2, 0.25) is 0 Å². The summed E-state index contributed by atoms with van der Waals surface area (Å²) < 4.78 is 0. The Balaban J connectivity index is 1.26. The summed E-state index contributed by atoms with van der Waals surface area (Å²) in [7, 11) is 0. The van der Waals surface area contributed by atoms with E-state index in [1.165, 1.54) is 33.6 Å². The third-order valence-corrected chi connectivity index (χ3v) is 5.93. The van der Waals surface area contributed by atoms with E-state index in [1.807, 2.05) is 35.8 Å². The molecule has 4 aromatic rings. The molecule has 2 amide bonds. The second kappa shape index (κ2) is 8.37. The number of carbonyl (C=O) groups excluding carboxylic acids is 2. The Morgan fingerprint density at radius 1 is 1.11 bits per heavy atom. The number of thiazole rings is 1. The van der Waals surface area contributed by atoms with Gasteiger partial charge in [-0.05, 0) is 29.5 Å². The number of para-hydroxylation sites is 1. The molecule has 8 heteroatoms. The van der Waals surface area contributed by atoms with Crippen molar-refractivity contribution in [3.8, 4) is 0 Å². The number of hydrogen-bond donors (Lipinski definition) is 3. The quantitative estimate of drug-likeness (QED) is 0.433. The van der Waals surface area contributed by atoms with Crippen molar-refractivity contribution in [2.45, 2.75) is 12.8 Å². The first kappa shape index (κ1) is 18.4. The number of fused-ring (bicyclic) bond motifs is 1. The van der Waals surface area contributed by atoms with Crippen molar-refractivity contribution in [3.05, 3.63) is 69.5 Å². The highest BCUT2D eigenvalue weighted by Gasteiger charge is 2.12. The standard InChI is InChI=1S/C20H18N4O2S2/c25-18(21-8-7-13-11-22-16-5-2-1-4-15(13)16)10-14-12-28-20(23-14)24-19(26)17-6-3-9-27-17/h1-6,9,11-12,22H,7-8,10H2,(H,21,25)(H,23,24,26). The van der Waals surface area contributed by atoms with Crippen LogP contribution < -0.4 is 10.6 Å². The summed E-state index contributed by atoms with van der Waals surface area (Å²) in [6, 6.07) is 11.7. The van der Waals surface area contributed by atoms with E-state index < -0.39 is 0 Å². The normalized spacial score (nSPS) is 10.9. The van der Waals surface area contributed by atoms with Crippen LogP contribution in [-0.4, -0.2) is 28.3 Å². The number of rotatable bonds is 7. The summed E-state index contributed by atoms with van der Waals surface area (Å²) in [5.41, 5.74) is 2.93. The molecule has 6 nitrogen and oxygen atoms in total. The fraction of sp³-hybridized carbons (Fsp3) is 0.150. The van der Waals surface area contributed by atoms with Gasteiger partial charge in [-0.15, -0.1) is 22.7 Å². The fourth-order valence-electron chi connectivity index (χ4n) is 2.91. The Labute approximate surface area is 169 Å². The number of anilines is 1. The molecule has 0 saturated heterocycles. The maximum absolute atomic E-state index is 12.2. The van der Waals surface area contributed by atoms with Crippen LogP contribution in [-0.2, 0) is 17.6 Å². The smallest absolute Gasteiger partial charge is 0.267 e. The minimum atomic E-state index is -0.181. The molecule has 3 aromatic heterocycles. The van der Waals surface area contributed by atoms with Crippen molar-refractivity contribution in [2.75, 3.05) is 11.9 Å². The highest BCUT2D eigenvalue weighted by atomic mass is 32.1. The number of nitrogens with one attached hydrogen (secondary N) is 3. The molecule has 0 fully saturated rings. The Hall–Kier alpha value is -2.97. The van der Waals surface area contributed by atoms with Gasteiger partial charge in [-0.3, -0.25) is 14.9 Å². The first-order valence-electron chi connectivity index (χ1n) is 8.80. The number of carbonyl (C=O) groups is 2. The molecule has 0 unspecified atom stereocenters. The molecule has 28 heavy (non-hydrogen) atoms. The van der Waals surface area contributed by atoms with Crippen LogP contribution in [0.3, 0.4) is 0 Å². The number of hydrogen-bond acceptors (Lipinski definition) is 5. The molecule has 0 saturated carbocycles. The molecule has 0 bridgehead atoms. The van der Waals surface area contributed by atoms with Gasteiger partial charge in [0.2, 0.25) is 5.91 Å². The van der Waals surface area contributed by atoms with Crippen molar-refractivity contribution in [3.63, 3.8) is 0 Å². The molecule has 0 atom stereocenters. The maximum atomic E-state index is 12.2. The number of H-pyrrole nitrogens is 1. The number of aromatic amines is 1. The average Bonchev–Trinajstić information content (AvgIpc) is 3.43. The largest absolute Gasteiger partial charge is 0.361 e. The summed E-state index contributed by atoms with van der Waals surface area (Å²) in [6.45, 7) is 0.562. The van der Waals surface area contributed by atoms with E-state index in [9.17, 15) is 9.59 Å². The van der Waals surface area contributed by atoms with Gasteiger partial charge in [0.15, 0.2) is 5.13 Å². The zero-order valence-electron chi connectivity index (χ0n) is 14.9. The number of aromatic nitrogens is 2. The predicted molar refractivity (Wildman–Crippen MR) is 113 cm³/mol. The molecule has 0 aliphatic carbocycles. The molecule has 3 heterocycles. The predicted octanol–water partition coefficient (Wildman–Crippen LogP) is 3.84. The highest BCUT2D eigenvalue weighted by molar-refractivity contribution is 7.14. The lowest BCUT2D eigenvalue weighted by molar-refractivity contribution is -0.120. The van der Waals surface area contributed by atoms with Crippen molar-refractivity contribution in [1.29, 1.82) is 0 Å². The van der Waals surface area contributed by atoms with Crippen LogP contribution in [0, 0.1) is 0 Å². The van der Waals surface area contributed by atoms with Gasteiger partial charge in [0.25, 0.3) is 5.91 Å². The summed E-state index contributed by atoms with van der Waals surface area (Å²) >= 11 is 2.69. The van der Waals surface area contributed by atoms with Crippen molar-refractivity contribution >= 4 is 50.5 Å². The Kier molecular flexibility index (Phi) is 5.50. The molecular formula is C20H18N4O2S2. The molecule has 142 valence electrons. The summed E-state index contributed by atoms with van der Waals surface area (Å²) in [5, 5.41) is 11.0. The first-order valence-corrected chi connectivity index (χ1v) is 10.6.